The van der Waals surface area contributed by atoms with Gasteiger partial charge in [-0.15, -0.1) is 11.3 Å². The summed E-state index contributed by atoms with van der Waals surface area (Å²) in [6, 6.07) is 7.19. The van der Waals surface area contributed by atoms with E-state index in [1.807, 2.05) is 17.5 Å². The van der Waals surface area contributed by atoms with E-state index >= 15 is 0 Å². The average Bonchev–Trinajstić information content (AvgIpc) is 3.37. The number of amides is 1. The second-order valence-corrected chi connectivity index (χ2v) is 10.5. The van der Waals surface area contributed by atoms with Crippen molar-refractivity contribution in [3.05, 3.63) is 29.6 Å². The monoisotopic (exact) mass is 405 g/mol. The maximum absolute atomic E-state index is 12.6. The highest BCUT2D eigenvalue weighted by Gasteiger charge is 2.43. The number of hydrogen-bond donors (Lipinski definition) is 1. The Morgan fingerprint density at radius 1 is 1.22 bits per heavy atom. The van der Waals surface area contributed by atoms with E-state index in [1.54, 1.807) is 12.1 Å². The summed E-state index contributed by atoms with van der Waals surface area (Å²) in [5.74, 6) is 1.53. The fraction of sp³-hybridized carbons (Fsp3) is 0.474. The first-order chi connectivity index (χ1) is 12.8. The van der Waals surface area contributed by atoms with Gasteiger partial charge in [0.25, 0.3) is 0 Å². The highest BCUT2D eigenvalue weighted by Crippen LogP contribution is 2.48. The molecule has 2 aliphatic rings. The van der Waals surface area contributed by atoms with Crippen molar-refractivity contribution < 1.29 is 13.2 Å². The smallest absolute Gasteiger partial charge is 0.231 e. The van der Waals surface area contributed by atoms with Crippen molar-refractivity contribution in [3.63, 3.8) is 0 Å². The number of thiazole rings is 1. The van der Waals surface area contributed by atoms with Crippen molar-refractivity contribution in [2.75, 3.05) is 22.9 Å². The SMILES string of the molecule is CN(c1ccc(-c2csc(NC(=O)[C@@H]3C[C@H]4CC[C@H]3C4)n2)cc1)S(C)(=O)=O. The molecule has 0 aliphatic heterocycles. The van der Waals surface area contributed by atoms with E-state index in [0.717, 1.165) is 23.6 Å². The van der Waals surface area contributed by atoms with Crippen LogP contribution in [0.25, 0.3) is 11.3 Å². The molecular weight excluding hydrogens is 382 g/mol. The second-order valence-electron chi connectivity index (χ2n) is 7.59. The zero-order chi connectivity index (χ0) is 19.2. The van der Waals surface area contributed by atoms with Crippen LogP contribution in [0.5, 0.6) is 0 Å². The normalized spacial score (nSPS) is 24.1. The third-order valence-electron chi connectivity index (χ3n) is 5.83. The fourth-order valence-corrected chi connectivity index (χ4v) is 5.49. The van der Waals surface area contributed by atoms with Gasteiger partial charge in [0.2, 0.25) is 15.9 Å². The molecule has 0 radical (unpaired) electrons. The largest absolute Gasteiger partial charge is 0.302 e. The van der Waals surface area contributed by atoms with Crippen LogP contribution in [0.15, 0.2) is 29.6 Å². The van der Waals surface area contributed by atoms with Gasteiger partial charge in [-0.3, -0.25) is 9.10 Å². The summed E-state index contributed by atoms with van der Waals surface area (Å²) in [6.07, 6.45) is 5.85. The van der Waals surface area contributed by atoms with Gasteiger partial charge < -0.3 is 5.32 Å². The van der Waals surface area contributed by atoms with Crippen molar-refractivity contribution in [3.8, 4) is 11.3 Å². The summed E-state index contributed by atoms with van der Waals surface area (Å²) in [5, 5.41) is 5.52. The molecule has 144 valence electrons. The van der Waals surface area contributed by atoms with Crippen LogP contribution >= 0.6 is 11.3 Å². The molecule has 2 aliphatic carbocycles. The van der Waals surface area contributed by atoms with E-state index in [4.69, 9.17) is 0 Å². The summed E-state index contributed by atoms with van der Waals surface area (Å²) in [6.45, 7) is 0. The summed E-state index contributed by atoms with van der Waals surface area (Å²) < 4.78 is 24.5. The van der Waals surface area contributed by atoms with Crippen molar-refractivity contribution in [2.24, 2.45) is 17.8 Å². The number of benzene rings is 1. The zero-order valence-corrected chi connectivity index (χ0v) is 17.0. The van der Waals surface area contributed by atoms with E-state index in [9.17, 15) is 13.2 Å². The lowest BCUT2D eigenvalue weighted by atomic mass is 9.88. The van der Waals surface area contributed by atoms with E-state index in [0.29, 0.717) is 16.7 Å². The standard InChI is InChI=1S/C19H23N3O3S2/c1-22(27(2,24)25)15-7-5-13(6-8-15)17-11-26-19(20-17)21-18(23)16-10-12-3-4-14(16)9-12/h5-8,11-12,14,16H,3-4,9-10H2,1-2H3,(H,20,21,23)/t12-,14-,16+/m0/s1. The summed E-state index contributed by atoms with van der Waals surface area (Å²) in [4.78, 5) is 17.1. The molecule has 1 heterocycles. The van der Waals surface area contributed by atoms with E-state index in [2.05, 4.69) is 10.3 Å². The lowest BCUT2D eigenvalue weighted by Gasteiger charge is -2.19. The molecule has 6 nitrogen and oxygen atoms in total. The number of carbonyl (C=O) groups is 1. The predicted octanol–water partition coefficient (Wildman–Crippen LogP) is 3.58. The molecule has 1 N–H and O–H groups in total. The Labute approximate surface area is 163 Å². The minimum atomic E-state index is -3.28. The first-order valence-electron chi connectivity index (χ1n) is 9.12. The summed E-state index contributed by atoms with van der Waals surface area (Å²) in [7, 11) is -1.76. The van der Waals surface area contributed by atoms with Gasteiger partial charge >= 0.3 is 0 Å². The second kappa shape index (κ2) is 6.91. The number of sulfonamides is 1. The van der Waals surface area contributed by atoms with Crippen molar-refractivity contribution in [1.82, 2.24) is 4.98 Å². The molecule has 1 aromatic heterocycles. The van der Waals surface area contributed by atoms with Gasteiger partial charge in [0.1, 0.15) is 0 Å². The number of nitrogens with one attached hydrogen (secondary N) is 1. The van der Waals surface area contributed by atoms with Crippen LogP contribution in [0.4, 0.5) is 10.8 Å². The van der Waals surface area contributed by atoms with E-state index in [-0.39, 0.29) is 11.8 Å². The molecule has 0 unspecified atom stereocenters. The van der Waals surface area contributed by atoms with Gasteiger partial charge in [-0.1, -0.05) is 18.6 Å². The molecule has 0 saturated heterocycles. The molecule has 1 amide bonds. The first-order valence-corrected chi connectivity index (χ1v) is 11.8. The van der Waals surface area contributed by atoms with Gasteiger partial charge in [-0.25, -0.2) is 13.4 Å². The maximum atomic E-state index is 12.6. The van der Waals surface area contributed by atoms with E-state index in [1.165, 1.54) is 48.2 Å². The van der Waals surface area contributed by atoms with Crippen LogP contribution in [-0.4, -0.2) is 32.6 Å². The molecular formula is C19H23N3O3S2. The van der Waals surface area contributed by atoms with Crippen LogP contribution in [0.3, 0.4) is 0 Å². The average molecular weight is 406 g/mol. The van der Waals surface area contributed by atoms with Crippen LogP contribution < -0.4 is 9.62 Å². The van der Waals surface area contributed by atoms with Crippen LogP contribution in [0.2, 0.25) is 0 Å². The molecule has 2 bridgehead atoms. The number of aromatic nitrogens is 1. The quantitative estimate of drug-likeness (QED) is 0.825. The Hall–Kier alpha value is -1.93. The Kier molecular flexibility index (Phi) is 4.71. The van der Waals surface area contributed by atoms with Gasteiger partial charge in [-0.05, 0) is 43.2 Å². The zero-order valence-electron chi connectivity index (χ0n) is 15.4. The highest BCUT2D eigenvalue weighted by atomic mass is 32.2. The Morgan fingerprint density at radius 3 is 2.56 bits per heavy atom. The van der Waals surface area contributed by atoms with E-state index < -0.39 is 10.0 Å². The number of anilines is 2. The first kappa shape index (κ1) is 18.4. The minimum Gasteiger partial charge on any atom is -0.302 e. The van der Waals surface area contributed by atoms with Crippen LogP contribution in [0.1, 0.15) is 25.7 Å². The predicted molar refractivity (Wildman–Crippen MR) is 108 cm³/mol. The summed E-state index contributed by atoms with van der Waals surface area (Å²) in [5.41, 5.74) is 2.26. The van der Waals surface area contributed by atoms with Gasteiger partial charge in [0.15, 0.2) is 5.13 Å². The minimum absolute atomic E-state index is 0.105. The molecule has 2 fully saturated rings. The third-order valence-corrected chi connectivity index (χ3v) is 7.80. The number of fused-ring (bicyclic) bond motifs is 2. The number of nitrogens with zero attached hydrogens (tertiary/aromatic N) is 2. The summed E-state index contributed by atoms with van der Waals surface area (Å²) >= 11 is 1.42. The lowest BCUT2D eigenvalue weighted by molar-refractivity contribution is -0.121. The molecule has 2 aromatic rings. The topological polar surface area (TPSA) is 79.4 Å². The van der Waals surface area contributed by atoms with Gasteiger partial charge in [0, 0.05) is 23.9 Å². The molecule has 27 heavy (non-hydrogen) atoms. The molecule has 4 rings (SSSR count). The van der Waals surface area contributed by atoms with Crippen molar-refractivity contribution >= 4 is 38.1 Å². The number of carbonyl (C=O) groups excluding carboxylic acids is 1. The maximum Gasteiger partial charge on any atom is 0.231 e. The van der Waals surface area contributed by atoms with Crippen molar-refractivity contribution in [1.29, 1.82) is 0 Å². The van der Waals surface area contributed by atoms with Crippen molar-refractivity contribution in [2.45, 2.75) is 25.7 Å². The lowest BCUT2D eigenvalue weighted by Crippen LogP contribution is -2.27. The Balaban J connectivity index is 1.44. The Bertz CT molecular complexity index is 953. The van der Waals surface area contributed by atoms with Crippen LogP contribution in [0, 0.1) is 17.8 Å². The molecule has 0 spiro atoms. The molecule has 2 saturated carbocycles. The molecule has 3 atom stereocenters. The number of rotatable bonds is 5. The number of hydrogen-bond acceptors (Lipinski definition) is 5. The fourth-order valence-electron chi connectivity index (χ4n) is 4.26. The van der Waals surface area contributed by atoms with Gasteiger partial charge in [0.05, 0.1) is 17.6 Å². The third kappa shape index (κ3) is 3.73. The van der Waals surface area contributed by atoms with Gasteiger partial charge in [-0.2, -0.15) is 0 Å². The Morgan fingerprint density at radius 2 is 1.96 bits per heavy atom. The molecule has 8 heteroatoms. The highest BCUT2D eigenvalue weighted by molar-refractivity contribution is 7.92. The van der Waals surface area contributed by atoms with Crippen LogP contribution in [-0.2, 0) is 14.8 Å². The molecule has 1 aromatic carbocycles.